The quantitative estimate of drug-likeness (QED) is 0.828. The van der Waals surface area contributed by atoms with Gasteiger partial charge in [0.05, 0.1) is 0 Å². The molecule has 16 heavy (non-hydrogen) atoms. The molecule has 2 nitrogen and oxygen atoms in total. The zero-order chi connectivity index (χ0) is 12.2. The van der Waals surface area contributed by atoms with Crippen molar-refractivity contribution in [2.45, 2.75) is 20.8 Å². The van der Waals surface area contributed by atoms with Crippen LogP contribution in [0.15, 0.2) is 36.9 Å². The van der Waals surface area contributed by atoms with E-state index < -0.39 is 0 Å². The molecule has 0 unspecified atom stereocenters. The average Bonchev–Trinajstić information content (AvgIpc) is 2.25. The molecular formula is C14H19NO. The molecule has 0 heterocycles. The lowest BCUT2D eigenvalue weighted by molar-refractivity contribution is -0.128. The topological polar surface area (TPSA) is 29.1 Å². The Morgan fingerprint density at radius 1 is 1.25 bits per heavy atom. The van der Waals surface area contributed by atoms with Crippen molar-refractivity contribution >= 4 is 11.5 Å². The maximum Gasteiger partial charge on any atom is 0.225 e. The predicted octanol–water partition coefficient (Wildman–Crippen LogP) is 2.86. The average molecular weight is 217 g/mol. The molecule has 1 aromatic carbocycles. The van der Waals surface area contributed by atoms with Crippen LogP contribution in [0.1, 0.15) is 26.3 Å². The normalized spacial score (nSPS) is 10.9. The molecule has 0 aliphatic carbocycles. The van der Waals surface area contributed by atoms with Crippen molar-refractivity contribution in [3.63, 3.8) is 0 Å². The second kappa shape index (κ2) is 4.97. The van der Waals surface area contributed by atoms with E-state index in [1.54, 1.807) is 0 Å². The lowest BCUT2D eigenvalue weighted by Crippen LogP contribution is -2.35. The van der Waals surface area contributed by atoms with E-state index in [1.165, 1.54) is 0 Å². The van der Waals surface area contributed by atoms with Gasteiger partial charge in [0.2, 0.25) is 5.91 Å². The Labute approximate surface area is 97.4 Å². The number of carbonyl (C=O) groups is 1. The largest absolute Gasteiger partial charge is 0.352 e. The molecule has 1 amide bonds. The van der Waals surface area contributed by atoms with Gasteiger partial charge >= 0.3 is 0 Å². The Bertz CT molecular complexity index is 373. The van der Waals surface area contributed by atoms with Crippen molar-refractivity contribution in [2.75, 3.05) is 6.54 Å². The third kappa shape index (κ3) is 3.54. The highest BCUT2D eigenvalue weighted by molar-refractivity contribution is 5.83. The molecule has 86 valence electrons. The monoisotopic (exact) mass is 217 g/mol. The standard InChI is InChI=1S/C14H19NO/c1-11(12-8-6-5-7-9-12)10-15-13(16)14(2,3)4/h5-9H,1,10H2,2-4H3,(H,15,16). The molecule has 1 aromatic rings. The molecule has 0 aliphatic heterocycles. The molecule has 0 aliphatic rings. The van der Waals surface area contributed by atoms with Crippen molar-refractivity contribution in [2.24, 2.45) is 5.41 Å². The fourth-order valence-electron chi connectivity index (χ4n) is 1.23. The number of benzene rings is 1. The molecule has 1 rings (SSSR count). The summed E-state index contributed by atoms with van der Waals surface area (Å²) in [7, 11) is 0. The molecule has 2 heteroatoms. The van der Waals surface area contributed by atoms with Crippen LogP contribution in [-0.4, -0.2) is 12.5 Å². The fourth-order valence-corrected chi connectivity index (χ4v) is 1.23. The molecule has 0 bridgehead atoms. The van der Waals surface area contributed by atoms with Crippen molar-refractivity contribution in [3.05, 3.63) is 42.5 Å². The van der Waals surface area contributed by atoms with Crippen LogP contribution in [0.3, 0.4) is 0 Å². The van der Waals surface area contributed by atoms with E-state index in [1.807, 2.05) is 51.1 Å². The Morgan fingerprint density at radius 3 is 2.31 bits per heavy atom. The fraction of sp³-hybridized carbons (Fsp3) is 0.357. The molecule has 0 fully saturated rings. The summed E-state index contributed by atoms with van der Waals surface area (Å²) in [4.78, 5) is 11.6. The summed E-state index contributed by atoms with van der Waals surface area (Å²) in [5.41, 5.74) is 1.65. The molecule has 0 saturated heterocycles. The maximum atomic E-state index is 11.6. The summed E-state index contributed by atoms with van der Waals surface area (Å²) in [6.07, 6.45) is 0. The van der Waals surface area contributed by atoms with Gasteiger partial charge in [0, 0.05) is 12.0 Å². The maximum absolute atomic E-state index is 11.6. The van der Waals surface area contributed by atoms with Gasteiger partial charge in [-0.2, -0.15) is 0 Å². The lowest BCUT2D eigenvalue weighted by atomic mass is 9.95. The first kappa shape index (κ1) is 12.5. The molecule has 0 radical (unpaired) electrons. The summed E-state index contributed by atoms with van der Waals surface area (Å²) in [5.74, 6) is 0.0459. The number of hydrogen-bond donors (Lipinski definition) is 1. The van der Waals surface area contributed by atoms with Gasteiger partial charge in [0.25, 0.3) is 0 Å². The summed E-state index contributed by atoms with van der Waals surface area (Å²) in [6.45, 7) is 10.2. The summed E-state index contributed by atoms with van der Waals surface area (Å²) < 4.78 is 0. The summed E-state index contributed by atoms with van der Waals surface area (Å²) in [6, 6.07) is 9.87. The van der Waals surface area contributed by atoms with Gasteiger partial charge < -0.3 is 5.32 Å². The molecular weight excluding hydrogens is 198 g/mol. The van der Waals surface area contributed by atoms with Gasteiger partial charge in [-0.05, 0) is 11.1 Å². The van der Waals surface area contributed by atoms with Gasteiger partial charge in [-0.15, -0.1) is 0 Å². The minimum Gasteiger partial charge on any atom is -0.352 e. The molecule has 1 N–H and O–H groups in total. The second-order valence-electron chi connectivity index (χ2n) is 4.90. The molecule has 0 saturated carbocycles. The SMILES string of the molecule is C=C(CNC(=O)C(C)(C)C)c1ccccc1. The third-order valence-electron chi connectivity index (χ3n) is 2.33. The van der Waals surface area contributed by atoms with Crippen LogP contribution in [0.25, 0.3) is 5.57 Å². The second-order valence-corrected chi connectivity index (χ2v) is 4.90. The van der Waals surface area contributed by atoms with Crippen LogP contribution >= 0.6 is 0 Å². The van der Waals surface area contributed by atoms with E-state index in [4.69, 9.17) is 0 Å². The highest BCUT2D eigenvalue weighted by Gasteiger charge is 2.20. The third-order valence-corrected chi connectivity index (χ3v) is 2.33. The van der Waals surface area contributed by atoms with E-state index in [2.05, 4.69) is 11.9 Å². The first-order chi connectivity index (χ1) is 7.41. The summed E-state index contributed by atoms with van der Waals surface area (Å²) in [5, 5.41) is 2.88. The van der Waals surface area contributed by atoms with Crippen molar-refractivity contribution < 1.29 is 4.79 Å². The lowest BCUT2D eigenvalue weighted by Gasteiger charge is -2.18. The van der Waals surface area contributed by atoms with E-state index in [0.29, 0.717) is 6.54 Å². The van der Waals surface area contributed by atoms with Crippen molar-refractivity contribution in [3.8, 4) is 0 Å². The van der Waals surface area contributed by atoms with Gasteiger partial charge in [-0.1, -0.05) is 57.7 Å². The van der Waals surface area contributed by atoms with Gasteiger partial charge in [0.1, 0.15) is 0 Å². The van der Waals surface area contributed by atoms with Crippen LogP contribution in [0.2, 0.25) is 0 Å². The van der Waals surface area contributed by atoms with Gasteiger partial charge in [0.15, 0.2) is 0 Å². The number of carbonyl (C=O) groups excluding carboxylic acids is 1. The predicted molar refractivity (Wildman–Crippen MR) is 67.9 cm³/mol. The van der Waals surface area contributed by atoms with E-state index in [9.17, 15) is 4.79 Å². The van der Waals surface area contributed by atoms with E-state index >= 15 is 0 Å². The Kier molecular flexibility index (Phi) is 3.88. The minimum absolute atomic E-state index is 0.0459. The number of hydrogen-bond acceptors (Lipinski definition) is 1. The highest BCUT2D eigenvalue weighted by Crippen LogP contribution is 2.14. The van der Waals surface area contributed by atoms with Crippen LogP contribution in [0, 0.1) is 5.41 Å². The number of amides is 1. The smallest absolute Gasteiger partial charge is 0.225 e. The van der Waals surface area contributed by atoms with Crippen LogP contribution in [0.4, 0.5) is 0 Å². The van der Waals surface area contributed by atoms with Crippen molar-refractivity contribution in [1.82, 2.24) is 5.32 Å². The highest BCUT2D eigenvalue weighted by atomic mass is 16.2. The van der Waals surface area contributed by atoms with E-state index in [0.717, 1.165) is 11.1 Å². The molecule has 0 aromatic heterocycles. The zero-order valence-electron chi connectivity index (χ0n) is 10.2. The van der Waals surface area contributed by atoms with Gasteiger partial charge in [-0.3, -0.25) is 4.79 Å². The zero-order valence-corrected chi connectivity index (χ0v) is 10.2. The molecule has 0 atom stereocenters. The van der Waals surface area contributed by atoms with E-state index in [-0.39, 0.29) is 11.3 Å². The summed E-state index contributed by atoms with van der Waals surface area (Å²) >= 11 is 0. The Hall–Kier alpha value is -1.57. The Balaban J connectivity index is 2.52. The van der Waals surface area contributed by atoms with Crippen LogP contribution in [-0.2, 0) is 4.79 Å². The number of nitrogens with one attached hydrogen (secondary N) is 1. The first-order valence-electron chi connectivity index (χ1n) is 5.43. The van der Waals surface area contributed by atoms with Gasteiger partial charge in [-0.25, -0.2) is 0 Å². The minimum atomic E-state index is -0.350. The van der Waals surface area contributed by atoms with Crippen LogP contribution in [0.5, 0.6) is 0 Å². The first-order valence-corrected chi connectivity index (χ1v) is 5.43. The molecule has 0 spiro atoms. The van der Waals surface area contributed by atoms with Crippen molar-refractivity contribution in [1.29, 1.82) is 0 Å². The Morgan fingerprint density at radius 2 is 1.81 bits per heavy atom. The number of rotatable bonds is 3. The van der Waals surface area contributed by atoms with Crippen LogP contribution < -0.4 is 5.32 Å².